The van der Waals surface area contributed by atoms with E-state index in [1.165, 1.54) is 0 Å². The molecule has 18 heavy (non-hydrogen) atoms. The maximum atomic E-state index is 10.5. The molecule has 5 N–H and O–H groups in total. The average molecular weight is 267 g/mol. The van der Waals surface area contributed by atoms with Crippen molar-refractivity contribution in [2.75, 3.05) is 26.2 Å². The summed E-state index contributed by atoms with van der Waals surface area (Å²) in [7, 11) is 0. The number of rotatable bonds is 8. The molecule has 0 saturated carbocycles. The first-order chi connectivity index (χ1) is 7.67. The summed E-state index contributed by atoms with van der Waals surface area (Å²) in [6, 6.07) is 0. The van der Waals surface area contributed by atoms with Gasteiger partial charge in [0.2, 0.25) is 0 Å². The van der Waals surface area contributed by atoms with E-state index in [-0.39, 0.29) is 5.48 Å². The molecule has 0 aliphatic heterocycles. The highest BCUT2D eigenvalue weighted by Crippen LogP contribution is 2.06. The van der Waals surface area contributed by atoms with E-state index < -0.39 is 54.5 Å². The molecule has 0 heterocycles. The maximum Gasteiger partial charge on any atom is 0.359 e. The van der Waals surface area contributed by atoms with Gasteiger partial charge < -0.3 is 30.7 Å². The Bertz CT molecular complexity index is 281. The first-order valence-corrected chi connectivity index (χ1v) is 4.37. The Balaban J connectivity index is 0. The summed E-state index contributed by atoms with van der Waals surface area (Å²) in [6.07, 6.45) is 0. The molecule has 0 amide bonds. The van der Waals surface area contributed by atoms with Crippen molar-refractivity contribution in [1.82, 2.24) is 0 Å². The molecular weight excluding hydrogens is 254 g/mol. The molecule has 0 aromatic rings. The van der Waals surface area contributed by atoms with E-state index in [0.717, 1.165) is 0 Å². The summed E-state index contributed by atoms with van der Waals surface area (Å²) in [5.74, 6) is -6.19. The smallest absolute Gasteiger partial charge is 0.359 e. The SMILES string of the molecule is O.O=C([O-])C[N+](CC(=O)O)(CC(=O)O)CC(=O)O. The number of carbonyl (C=O) groups excluding carboxylic acids is 1. The Morgan fingerprint density at radius 1 is 0.778 bits per heavy atom. The third-order valence-electron chi connectivity index (χ3n) is 1.88. The fourth-order valence-corrected chi connectivity index (χ4v) is 1.47. The Kier molecular flexibility index (Phi) is 7.26. The summed E-state index contributed by atoms with van der Waals surface area (Å²) in [6.45, 7) is -3.77. The van der Waals surface area contributed by atoms with Gasteiger partial charge in [-0.1, -0.05) is 0 Å². The first-order valence-electron chi connectivity index (χ1n) is 4.37. The lowest BCUT2D eigenvalue weighted by Gasteiger charge is -2.34. The second kappa shape index (κ2) is 7.19. The number of carboxylic acid groups (broad SMARTS) is 4. The minimum atomic E-state index is -1.71. The van der Waals surface area contributed by atoms with E-state index in [0.29, 0.717) is 0 Å². The van der Waals surface area contributed by atoms with Crippen LogP contribution in [0, 0.1) is 0 Å². The highest BCUT2D eigenvalue weighted by Gasteiger charge is 2.36. The zero-order chi connectivity index (χ0) is 13.6. The highest BCUT2D eigenvalue weighted by atomic mass is 16.4. The number of carbonyl (C=O) groups is 4. The maximum absolute atomic E-state index is 10.5. The molecule has 104 valence electrons. The van der Waals surface area contributed by atoms with Crippen LogP contribution >= 0.6 is 0 Å². The molecule has 10 nitrogen and oxygen atoms in total. The molecule has 0 radical (unpaired) electrons. The number of quaternary nitrogens is 1. The second-order valence-electron chi connectivity index (χ2n) is 3.53. The summed E-state index contributed by atoms with van der Waals surface area (Å²) in [5.41, 5.74) is 0. The lowest BCUT2D eigenvalue weighted by atomic mass is 10.3. The van der Waals surface area contributed by atoms with Crippen LogP contribution in [-0.2, 0) is 19.2 Å². The molecule has 10 heteroatoms. The van der Waals surface area contributed by atoms with Crippen LogP contribution in [0.3, 0.4) is 0 Å². The van der Waals surface area contributed by atoms with Crippen LogP contribution in [0.4, 0.5) is 0 Å². The molecule has 0 bridgehead atoms. The number of aliphatic carboxylic acids is 4. The van der Waals surface area contributed by atoms with Crippen LogP contribution in [0.5, 0.6) is 0 Å². The van der Waals surface area contributed by atoms with Gasteiger partial charge in [-0.15, -0.1) is 0 Å². The van der Waals surface area contributed by atoms with Crippen molar-refractivity contribution in [2.45, 2.75) is 0 Å². The molecule has 0 atom stereocenters. The molecule has 0 aliphatic rings. The van der Waals surface area contributed by atoms with Gasteiger partial charge in [-0.25, -0.2) is 14.4 Å². The molecule has 0 aromatic heterocycles. The molecule has 0 saturated heterocycles. The normalized spacial score (nSPS) is 10.2. The molecular formula is C8H13NO9. The topological polar surface area (TPSA) is 184 Å². The Hall–Kier alpha value is -2.20. The van der Waals surface area contributed by atoms with Gasteiger partial charge in [0.15, 0.2) is 19.6 Å². The Morgan fingerprint density at radius 2 is 1.06 bits per heavy atom. The first kappa shape index (κ1) is 18.2. The standard InChI is InChI=1S/C8H11NO8.H2O/c10-5(11)1-9(2-6(12)13,3-7(14)15)4-8(16)17;/h1-4H2,(H3-,10,11,12,13,14,15,16,17);1H2. The van der Waals surface area contributed by atoms with Gasteiger partial charge in [-0.2, -0.15) is 0 Å². The largest absolute Gasteiger partial charge is 0.544 e. The lowest BCUT2D eigenvalue weighted by molar-refractivity contribution is -0.902. The number of hydrogen-bond donors (Lipinski definition) is 3. The third-order valence-corrected chi connectivity index (χ3v) is 1.88. The minimum Gasteiger partial charge on any atom is -0.544 e. The van der Waals surface area contributed by atoms with Crippen molar-refractivity contribution in [3.63, 3.8) is 0 Å². The lowest BCUT2D eigenvalue weighted by Crippen LogP contribution is -2.60. The summed E-state index contributed by atoms with van der Waals surface area (Å²) >= 11 is 0. The van der Waals surface area contributed by atoms with Gasteiger partial charge in [0, 0.05) is 0 Å². The summed E-state index contributed by atoms with van der Waals surface area (Å²) in [5, 5.41) is 36.2. The van der Waals surface area contributed by atoms with Gasteiger partial charge in [0.05, 0.1) is 5.97 Å². The van der Waals surface area contributed by atoms with Crippen LogP contribution in [0.25, 0.3) is 0 Å². The van der Waals surface area contributed by atoms with E-state index in [4.69, 9.17) is 15.3 Å². The Labute approximate surface area is 101 Å². The van der Waals surface area contributed by atoms with Crippen LogP contribution in [0.1, 0.15) is 0 Å². The van der Waals surface area contributed by atoms with E-state index >= 15 is 0 Å². The zero-order valence-corrected chi connectivity index (χ0v) is 9.16. The monoisotopic (exact) mass is 267 g/mol. The predicted octanol–water partition coefficient (Wildman–Crippen LogP) is -4.02. The van der Waals surface area contributed by atoms with Crippen molar-refractivity contribution in [3.05, 3.63) is 0 Å². The Morgan fingerprint density at radius 3 is 1.22 bits per heavy atom. The highest BCUT2D eigenvalue weighted by molar-refractivity contribution is 5.74. The average Bonchev–Trinajstić information content (AvgIpc) is 1.95. The fraction of sp³-hybridized carbons (Fsp3) is 0.500. The third kappa shape index (κ3) is 7.14. The van der Waals surface area contributed by atoms with Gasteiger partial charge >= 0.3 is 17.9 Å². The summed E-state index contributed by atoms with van der Waals surface area (Å²) < 4.78 is -1.14. The number of carboxylic acids is 4. The molecule has 0 aliphatic carbocycles. The van der Waals surface area contributed by atoms with Crippen molar-refractivity contribution in [1.29, 1.82) is 0 Å². The van der Waals surface area contributed by atoms with Crippen LogP contribution in [-0.4, -0.2) is 75.3 Å². The van der Waals surface area contributed by atoms with Gasteiger partial charge in [-0.3, -0.25) is 4.48 Å². The van der Waals surface area contributed by atoms with E-state index in [9.17, 15) is 24.3 Å². The second-order valence-corrected chi connectivity index (χ2v) is 3.53. The van der Waals surface area contributed by atoms with Crippen LogP contribution in [0.15, 0.2) is 0 Å². The quantitative estimate of drug-likeness (QED) is 0.371. The van der Waals surface area contributed by atoms with Crippen LogP contribution in [0.2, 0.25) is 0 Å². The van der Waals surface area contributed by atoms with E-state index in [2.05, 4.69) is 0 Å². The van der Waals surface area contributed by atoms with Crippen molar-refractivity contribution >= 4 is 23.9 Å². The predicted molar refractivity (Wildman–Crippen MR) is 51.3 cm³/mol. The molecule has 0 spiro atoms. The van der Waals surface area contributed by atoms with Gasteiger partial charge in [0.25, 0.3) is 0 Å². The number of hydrogen-bond acceptors (Lipinski definition) is 5. The molecule has 0 rings (SSSR count). The summed E-state index contributed by atoms with van der Waals surface area (Å²) in [4.78, 5) is 42.1. The van der Waals surface area contributed by atoms with Gasteiger partial charge in [-0.05, 0) is 0 Å². The van der Waals surface area contributed by atoms with Crippen molar-refractivity contribution in [2.24, 2.45) is 0 Å². The fourth-order valence-electron chi connectivity index (χ4n) is 1.47. The van der Waals surface area contributed by atoms with Crippen molar-refractivity contribution in [3.8, 4) is 0 Å². The van der Waals surface area contributed by atoms with Gasteiger partial charge in [0.1, 0.15) is 6.54 Å². The van der Waals surface area contributed by atoms with E-state index in [1.54, 1.807) is 0 Å². The van der Waals surface area contributed by atoms with Crippen LogP contribution < -0.4 is 5.11 Å². The number of nitrogens with zero attached hydrogens (tertiary/aromatic N) is 1. The molecule has 0 aromatic carbocycles. The molecule has 0 fully saturated rings. The molecule has 0 unspecified atom stereocenters. The van der Waals surface area contributed by atoms with Crippen molar-refractivity contribution < 1.29 is 49.6 Å². The minimum absolute atomic E-state index is 0. The van der Waals surface area contributed by atoms with E-state index in [1.807, 2.05) is 0 Å². The zero-order valence-electron chi connectivity index (χ0n) is 9.16.